The fraction of sp³-hybridized carbons (Fsp3) is 0.350. The lowest BCUT2D eigenvalue weighted by atomic mass is 9.43. The number of nitrogens with zero attached hydrogens (tertiary/aromatic N) is 5. The third-order valence-electron chi connectivity index (χ3n) is 11.5. The van der Waals surface area contributed by atoms with E-state index in [-0.39, 0.29) is 32.9 Å². The first kappa shape index (κ1) is 33.1. The lowest BCUT2D eigenvalue weighted by Gasteiger charge is -2.68. The SMILES string of the molecule is COC12CC3(C)CC(Cl)(CC(Cn4ncc(-c5ccc(-c6ccc7cccc(C(=O)Nc8nc9ncccc9s8)c7c6)nc5C(=O)O)c4C)(C3)C1)C2. The van der Waals surface area contributed by atoms with Gasteiger partial charge in [-0.2, -0.15) is 10.1 Å². The molecule has 10 nitrogen and oxygen atoms in total. The van der Waals surface area contributed by atoms with Crippen molar-refractivity contribution in [1.82, 2.24) is 24.7 Å². The molecule has 4 fully saturated rings. The number of halogens is 1. The Kier molecular flexibility index (Phi) is 7.42. The number of amides is 1. The van der Waals surface area contributed by atoms with E-state index >= 15 is 0 Å². The van der Waals surface area contributed by atoms with Gasteiger partial charge in [0, 0.05) is 52.7 Å². The molecule has 2 aromatic carbocycles. The molecular weight excluding hydrogens is 696 g/mol. The predicted octanol–water partition coefficient (Wildman–Crippen LogP) is 8.77. The zero-order valence-electron chi connectivity index (χ0n) is 29.1. The van der Waals surface area contributed by atoms with Crippen LogP contribution in [0.2, 0.25) is 0 Å². The van der Waals surface area contributed by atoms with E-state index in [9.17, 15) is 14.7 Å². The van der Waals surface area contributed by atoms with Crippen molar-refractivity contribution in [3.05, 3.63) is 90.0 Å². The molecule has 6 aromatic rings. The molecule has 4 aliphatic carbocycles. The summed E-state index contributed by atoms with van der Waals surface area (Å²) in [6.07, 6.45) is 9.27. The Morgan fingerprint density at radius 3 is 2.65 bits per heavy atom. The van der Waals surface area contributed by atoms with Gasteiger partial charge < -0.3 is 9.84 Å². The van der Waals surface area contributed by atoms with Gasteiger partial charge in [0.2, 0.25) is 0 Å². The van der Waals surface area contributed by atoms with E-state index < -0.39 is 5.97 Å². The molecule has 4 aliphatic rings. The van der Waals surface area contributed by atoms with Gasteiger partial charge in [-0.25, -0.2) is 14.8 Å². The van der Waals surface area contributed by atoms with E-state index in [4.69, 9.17) is 21.4 Å². The van der Waals surface area contributed by atoms with Crippen LogP contribution in [0.5, 0.6) is 0 Å². The van der Waals surface area contributed by atoms with Gasteiger partial charge >= 0.3 is 5.97 Å². The summed E-state index contributed by atoms with van der Waals surface area (Å²) in [5.74, 6) is -1.43. The van der Waals surface area contributed by atoms with Gasteiger partial charge in [0.05, 0.1) is 22.2 Å². The Morgan fingerprint density at radius 2 is 1.87 bits per heavy atom. The maximum absolute atomic E-state index is 13.5. The molecule has 52 heavy (non-hydrogen) atoms. The molecule has 4 atom stereocenters. The number of hydrogen-bond donors (Lipinski definition) is 2. The highest BCUT2D eigenvalue weighted by atomic mass is 35.5. The first-order valence-corrected chi connectivity index (χ1v) is 18.6. The average Bonchev–Trinajstić information content (AvgIpc) is 3.67. The molecule has 0 saturated heterocycles. The number of anilines is 1. The number of alkyl halides is 1. The Labute approximate surface area is 309 Å². The molecule has 2 N–H and O–H groups in total. The number of carbonyl (C=O) groups is 2. The number of methoxy groups -OCH3 is 1. The third kappa shape index (κ3) is 5.48. The van der Waals surface area contributed by atoms with Gasteiger partial charge in [0.15, 0.2) is 16.5 Å². The fourth-order valence-corrected chi connectivity index (χ4v) is 12.0. The summed E-state index contributed by atoms with van der Waals surface area (Å²) in [7, 11) is 1.82. The normalized spacial score (nSPS) is 26.3. The maximum atomic E-state index is 13.5. The minimum atomic E-state index is -1.13. The zero-order chi connectivity index (χ0) is 36.0. The van der Waals surface area contributed by atoms with E-state index in [1.807, 2.05) is 73.3 Å². The lowest BCUT2D eigenvalue weighted by Crippen LogP contribution is -2.65. The maximum Gasteiger partial charge on any atom is 0.355 e. The number of carboxylic acids is 1. The summed E-state index contributed by atoms with van der Waals surface area (Å²) >= 11 is 8.66. The van der Waals surface area contributed by atoms with Crippen LogP contribution in [-0.4, -0.2) is 59.3 Å². The van der Waals surface area contributed by atoms with Crippen LogP contribution >= 0.6 is 22.9 Å². The molecule has 0 spiro atoms. The van der Waals surface area contributed by atoms with E-state index in [0.29, 0.717) is 45.1 Å². The number of nitrogens with one attached hydrogen (secondary N) is 1. The first-order chi connectivity index (χ1) is 24.9. The number of benzene rings is 2. The van der Waals surface area contributed by atoms with Crippen LogP contribution in [0, 0.1) is 17.8 Å². The van der Waals surface area contributed by atoms with Gasteiger partial charge in [-0.05, 0) is 103 Å². The monoisotopic (exact) mass is 732 g/mol. The van der Waals surface area contributed by atoms with Crippen molar-refractivity contribution in [2.75, 3.05) is 12.4 Å². The van der Waals surface area contributed by atoms with Gasteiger partial charge in [-0.3, -0.25) is 14.8 Å². The summed E-state index contributed by atoms with van der Waals surface area (Å²) in [5, 5.41) is 20.2. The van der Waals surface area contributed by atoms with Gasteiger partial charge in [-0.1, -0.05) is 42.5 Å². The standard InChI is InChI=1S/C40H37ClN6O4S/c1-23-29(15-43-47(23)22-38-16-37(2)17-39(41,19-38)21-40(18-37,20-38)51-3)26-11-12-30(44-32(26)35(49)50)25-10-9-24-6-4-7-27(28(24)14-25)34(48)46-36-45-33-31(52-36)8-5-13-42-33/h4-15H,16-22H2,1-3H3,(H,49,50)(H,42,45,46,48). The molecule has 4 saturated carbocycles. The molecule has 264 valence electrons. The number of hydrogen-bond acceptors (Lipinski definition) is 8. The number of aromatic nitrogens is 5. The lowest BCUT2D eigenvalue weighted by molar-refractivity contribution is -0.204. The minimum Gasteiger partial charge on any atom is -0.476 e. The molecule has 1 amide bonds. The quantitative estimate of drug-likeness (QED) is 0.149. The van der Waals surface area contributed by atoms with Crippen LogP contribution in [0.25, 0.3) is 43.5 Å². The van der Waals surface area contributed by atoms with Gasteiger partial charge in [0.25, 0.3) is 5.91 Å². The molecule has 0 radical (unpaired) electrons. The second kappa shape index (κ2) is 11.6. The molecule has 4 heterocycles. The number of pyridine rings is 2. The number of rotatable bonds is 8. The summed E-state index contributed by atoms with van der Waals surface area (Å²) in [6.45, 7) is 5.04. The largest absolute Gasteiger partial charge is 0.476 e. The highest BCUT2D eigenvalue weighted by molar-refractivity contribution is 7.22. The van der Waals surface area contributed by atoms with Crippen molar-refractivity contribution >= 4 is 61.1 Å². The van der Waals surface area contributed by atoms with Crippen molar-refractivity contribution in [2.24, 2.45) is 10.8 Å². The number of carbonyl (C=O) groups excluding carboxylic acids is 1. The van der Waals surface area contributed by atoms with E-state index in [1.165, 1.54) is 11.3 Å². The third-order valence-corrected chi connectivity index (χ3v) is 12.9. The number of thiazole rings is 1. The summed E-state index contributed by atoms with van der Waals surface area (Å²) in [4.78, 5) is 39.4. The second-order valence-electron chi connectivity index (χ2n) is 15.6. The van der Waals surface area contributed by atoms with Crippen LogP contribution in [-0.2, 0) is 11.3 Å². The van der Waals surface area contributed by atoms with Gasteiger partial charge in [-0.15, -0.1) is 11.6 Å². The second-order valence-corrected chi connectivity index (χ2v) is 17.5. The Balaban J connectivity index is 1.02. The zero-order valence-corrected chi connectivity index (χ0v) is 30.6. The van der Waals surface area contributed by atoms with Crippen molar-refractivity contribution < 1.29 is 19.4 Å². The summed E-state index contributed by atoms with van der Waals surface area (Å²) < 4.78 is 9.11. The van der Waals surface area contributed by atoms with E-state index in [2.05, 4.69) is 27.2 Å². The first-order valence-electron chi connectivity index (χ1n) is 17.4. The summed E-state index contributed by atoms with van der Waals surface area (Å²) in [6, 6.07) is 18.6. The number of aromatic carboxylic acids is 1. The molecule has 0 aliphatic heterocycles. The molecule has 12 heteroatoms. The van der Waals surface area contributed by atoms with Crippen molar-refractivity contribution in [2.45, 2.75) is 69.4 Å². The van der Waals surface area contributed by atoms with Crippen LogP contribution < -0.4 is 5.32 Å². The van der Waals surface area contributed by atoms with Crippen molar-refractivity contribution in [1.29, 1.82) is 0 Å². The van der Waals surface area contributed by atoms with Crippen LogP contribution in [0.15, 0.2) is 73.1 Å². The predicted molar refractivity (Wildman–Crippen MR) is 202 cm³/mol. The molecule has 4 aromatic heterocycles. The van der Waals surface area contributed by atoms with Crippen LogP contribution in [0.1, 0.15) is 72.0 Å². The number of fused-ring (bicyclic) bond motifs is 2. The average molecular weight is 733 g/mol. The summed E-state index contributed by atoms with van der Waals surface area (Å²) in [5.41, 5.74) is 4.14. The van der Waals surface area contributed by atoms with Crippen LogP contribution in [0.4, 0.5) is 5.13 Å². The van der Waals surface area contributed by atoms with Crippen molar-refractivity contribution in [3.63, 3.8) is 0 Å². The van der Waals surface area contributed by atoms with Crippen LogP contribution in [0.3, 0.4) is 0 Å². The minimum absolute atomic E-state index is 0.0511. The molecular formula is C40H37ClN6O4S. The molecule has 10 rings (SSSR count). The van der Waals surface area contributed by atoms with Gasteiger partial charge in [0.1, 0.15) is 0 Å². The highest BCUT2D eigenvalue weighted by Gasteiger charge is 2.67. The molecule has 4 unspecified atom stereocenters. The smallest absolute Gasteiger partial charge is 0.355 e. The highest BCUT2D eigenvalue weighted by Crippen LogP contribution is 2.70. The topological polar surface area (TPSA) is 132 Å². The van der Waals surface area contributed by atoms with E-state index in [0.717, 1.165) is 59.9 Å². The Hall–Kier alpha value is -4.71. The Bertz CT molecular complexity index is 2410. The Morgan fingerprint density at radius 1 is 1.00 bits per heavy atom. The van der Waals surface area contributed by atoms with E-state index in [1.54, 1.807) is 18.5 Å². The fourth-order valence-electron chi connectivity index (χ4n) is 10.3. The number of carboxylic acid groups (broad SMARTS) is 1. The van der Waals surface area contributed by atoms with Crippen molar-refractivity contribution in [3.8, 4) is 22.4 Å². The molecule has 4 bridgehead atoms. The number of ether oxygens (including phenoxy) is 1.